The van der Waals surface area contributed by atoms with E-state index in [1.165, 1.54) is 11.8 Å². The lowest BCUT2D eigenvalue weighted by atomic mass is 10.1. The normalized spacial score (nSPS) is 10.3. The molecule has 0 radical (unpaired) electrons. The fraction of sp³-hybridized carbons (Fsp3) is 0. The van der Waals surface area contributed by atoms with Crippen LogP contribution in [0.3, 0.4) is 0 Å². The lowest BCUT2D eigenvalue weighted by Gasteiger charge is -2.08. The molecule has 1 aromatic heterocycles. The summed E-state index contributed by atoms with van der Waals surface area (Å²) in [6.07, 6.45) is 1.48. The maximum atomic E-state index is 6.03. The number of nitrogens with two attached hydrogens (primary N) is 1. The zero-order valence-corrected chi connectivity index (χ0v) is 11.9. The predicted molar refractivity (Wildman–Crippen MR) is 86.6 cm³/mol. The van der Waals surface area contributed by atoms with Crippen molar-refractivity contribution in [3.8, 4) is 11.1 Å². The molecule has 3 aromatic rings. The molecule has 3 N–H and O–H groups in total. The van der Waals surface area contributed by atoms with Crippen LogP contribution in [0.4, 0.5) is 17.5 Å². The molecule has 0 saturated carbocycles. The van der Waals surface area contributed by atoms with Crippen molar-refractivity contribution in [2.45, 2.75) is 0 Å². The molecule has 4 nitrogen and oxygen atoms in total. The fourth-order valence-corrected chi connectivity index (χ4v) is 2.12. The van der Waals surface area contributed by atoms with Gasteiger partial charge in [0, 0.05) is 5.69 Å². The van der Waals surface area contributed by atoms with Crippen molar-refractivity contribution in [1.82, 2.24) is 9.97 Å². The van der Waals surface area contributed by atoms with E-state index in [0.29, 0.717) is 10.8 Å². The third-order valence-corrected chi connectivity index (χ3v) is 3.29. The standard InChI is InChI=1S/C16H13ClN4/c17-14-10-19-16(18)21-15(14)20-13-8-6-12(7-9-13)11-4-2-1-3-5-11/h1-10H,(H3,18,19,20,21). The van der Waals surface area contributed by atoms with E-state index in [-0.39, 0.29) is 5.95 Å². The summed E-state index contributed by atoms with van der Waals surface area (Å²) in [5.74, 6) is 0.680. The smallest absolute Gasteiger partial charge is 0.222 e. The van der Waals surface area contributed by atoms with Gasteiger partial charge in [-0.2, -0.15) is 4.98 Å². The number of anilines is 3. The topological polar surface area (TPSA) is 63.8 Å². The van der Waals surface area contributed by atoms with Gasteiger partial charge in [-0.05, 0) is 23.3 Å². The SMILES string of the molecule is Nc1ncc(Cl)c(Nc2ccc(-c3ccccc3)cc2)n1. The number of benzene rings is 2. The number of nitrogens with one attached hydrogen (secondary N) is 1. The Morgan fingerprint density at radius 1 is 0.905 bits per heavy atom. The molecule has 2 aromatic carbocycles. The van der Waals surface area contributed by atoms with E-state index in [4.69, 9.17) is 17.3 Å². The van der Waals surface area contributed by atoms with Crippen LogP contribution in [0.25, 0.3) is 11.1 Å². The molecule has 0 bridgehead atoms. The van der Waals surface area contributed by atoms with Crippen LogP contribution in [-0.2, 0) is 0 Å². The highest BCUT2D eigenvalue weighted by atomic mass is 35.5. The summed E-state index contributed by atoms with van der Waals surface area (Å²) >= 11 is 6.03. The Bertz CT molecular complexity index is 742. The summed E-state index contributed by atoms with van der Waals surface area (Å²) in [6, 6.07) is 18.2. The summed E-state index contributed by atoms with van der Waals surface area (Å²) in [5, 5.41) is 3.56. The highest BCUT2D eigenvalue weighted by molar-refractivity contribution is 6.32. The average molecular weight is 297 g/mol. The van der Waals surface area contributed by atoms with Crippen LogP contribution in [0, 0.1) is 0 Å². The van der Waals surface area contributed by atoms with E-state index >= 15 is 0 Å². The summed E-state index contributed by atoms with van der Waals surface area (Å²) < 4.78 is 0. The third-order valence-electron chi connectivity index (χ3n) is 3.02. The number of rotatable bonds is 3. The predicted octanol–water partition coefficient (Wildman–Crippen LogP) is 4.12. The first kappa shape index (κ1) is 13.4. The van der Waals surface area contributed by atoms with Gasteiger partial charge in [0.2, 0.25) is 5.95 Å². The number of nitrogens with zero attached hydrogens (tertiary/aromatic N) is 2. The van der Waals surface area contributed by atoms with Crippen LogP contribution in [0.15, 0.2) is 60.8 Å². The Kier molecular flexibility index (Phi) is 3.71. The third kappa shape index (κ3) is 3.12. The molecule has 3 rings (SSSR count). The summed E-state index contributed by atoms with van der Waals surface area (Å²) in [4.78, 5) is 7.90. The molecule has 0 aliphatic carbocycles. The fourth-order valence-electron chi connectivity index (χ4n) is 1.98. The zero-order valence-electron chi connectivity index (χ0n) is 11.1. The quantitative estimate of drug-likeness (QED) is 0.763. The second kappa shape index (κ2) is 5.81. The van der Waals surface area contributed by atoms with Gasteiger partial charge in [-0.25, -0.2) is 4.98 Å². The van der Waals surface area contributed by atoms with Gasteiger partial charge in [0.1, 0.15) is 5.02 Å². The van der Waals surface area contributed by atoms with Gasteiger partial charge < -0.3 is 11.1 Å². The molecule has 0 spiro atoms. The molecule has 0 atom stereocenters. The molecule has 0 amide bonds. The molecule has 21 heavy (non-hydrogen) atoms. The van der Waals surface area contributed by atoms with Crippen LogP contribution in [0.5, 0.6) is 0 Å². The van der Waals surface area contributed by atoms with Gasteiger partial charge >= 0.3 is 0 Å². The Labute approximate surface area is 127 Å². The minimum Gasteiger partial charge on any atom is -0.368 e. The van der Waals surface area contributed by atoms with E-state index in [0.717, 1.165) is 11.3 Å². The molecule has 104 valence electrons. The van der Waals surface area contributed by atoms with Gasteiger partial charge in [-0.15, -0.1) is 0 Å². The lowest BCUT2D eigenvalue weighted by Crippen LogP contribution is -2.00. The first-order valence-corrected chi connectivity index (χ1v) is 6.81. The summed E-state index contributed by atoms with van der Waals surface area (Å²) in [5.41, 5.74) is 8.77. The maximum absolute atomic E-state index is 6.03. The Morgan fingerprint density at radius 2 is 1.57 bits per heavy atom. The zero-order chi connectivity index (χ0) is 14.7. The second-order valence-corrected chi connectivity index (χ2v) is 4.90. The minimum atomic E-state index is 0.183. The average Bonchev–Trinajstić information content (AvgIpc) is 2.53. The first-order chi connectivity index (χ1) is 10.2. The van der Waals surface area contributed by atoms with E-state index < -0.39 is 0 Å². The van der Waals surface area contributed by atoms with Crippen molar-refractivity contribution in [1.29, 1.82) is 0 Å². The van der Waals surface area contributed by atoms with Crippen molar-refractivity contribution in [2.75, 3.05) is 11.1 Å². The Balaban J connectivity index is 1.83. The van der Waals surface area contributed by atoms with Crippen molar-refractivity contribution in [3.05, 3.63) is 65.8 Å². The van der Waals surface area contributed by atoms with E-state index in [9.17, 15) is 0 Å². The lowest BCUT2D eigenvalue weighted by molar-refractivity contribution is 1.18. The largest absolute Gasteiger partial charge is 0.368 e. The highest BCUT2D eigenvalue weighted by Gasteiger charge is 2.04. The van der Waals surface area contributed by atoms with Gasteiger partial charge in [-0.1, -0.05) is 54.1 Å². The van der Waals surface area contributed by atoms with Crippen LogP contribution in [0.2, 0.25) is 5.02 Å². The maximum Gasteiger partial charge on any atom is 0.222 e. The first-order valence-electron chi connectivity index (χ1n) is 6.43. The molecule has 1 heterocycles. The molecule has 0 unspecified atom stereocenters. The monoisotopic (exact) mass is 296 g/mol. The summed E-state index contributed by atoms with van der Waals surface area (Å²) in [7, 11) is 0. The number of hydrogen-bond donors (Lipinski definition) is 2. The second-order valence-electron chi connectivity index (χ2n) is 4.49. The van der Waals surface area contributed by atoms with Gasteiger partial charge in [0.05, 0.1) is 6.20 Å². The Morgan fingerprint density at radius 3 is 2.29 bits per heavy atom. The van der Waals surface area contributed by atoms with Gasteiger partial charge in [0.25, 0.3) is 0 Å². The molecule has 0 saturated heterocycles. The molecule has 5 heteroatoms. The summed E-state index contributed by atoms with van der Waals surface area (Å²) in [6.45, 7) is 0. The minimum absolute atomic E-state index is 0.183. The van der Waals surface area contributed by atoms with Gasteiger partial charge in [-0.3, -0.25) is 0 Å². The number of halogens is 1. The van der Waals surface area contributed by atoms with Crippen LogP contribution < -0.4 is 11.1 Å². The van der Waals surface area contributed by atoms with Crippen molar-refractivity contribution in [2.24, 2.45) is 0 Å². The van der Waals surface area contributed by atoms with Crippen molar-refractivity contribution in [3.63, 3.8) is 0 Å². The molecular weight excluding hydrogens is 284 g/mol. The van der Waals surface area contributed by atoms with Crippen LogP contribution >= 0.6 is 11.6 Å². The van der Waals surface area contributed by atoms with Crippen molar-refractivity contribution < 1.29 is 0 Å². The van der Waals surface area contributed by atoms with E-state index in [2.05, 4.69) is 27.4 Å². The molecule has 0 fully saturated rings. The van der Waals surface area contributed by atoms with E-state index in [1.54, 1.807) is 0 Å². The number of hydrogen-bond acceptors (Lipinski definition) is 4. The van der Waals surface area contributed by atoms with E-state index in [1.807, 2.05) is 42.5 Å². The molecule has 0 aliphatic rings. The molecule has 0 aliphatic heterocycles. The Hall–Kier alpha value is -2.59. The number of nitrogen functional groups attached to an aromatic ring is 1. The van der Waals surface area contributed by atoms with Gasteiger partial charge in [0.15, 0.2) is 5.82 Å². The molecular formula is C16H13ClN4. The highest BCUT2D eigenvalue weighted by Crippen LogP contribution is 2.25. The van der Waals surface area contributed by atoms with Crippen LogP contribution in [0.1, 0.15) is 0 Å². The number of aromatic nitrogens is 2. The van der Waals surface area contributed by atoms with Crippen molar-refractivity contribution >= 4 is 29.1 Å². The van der Waals surface area contributed by atoms with Crippen LogP contribution in [-0.4, -0.2) is 9.97 Å².